The zero-order valence-electron chi connectivity index (χ0n) is 19.1. The Bertz CT molecular complexity index is 352. The van der Waals surface area contributed by atoms with E-state index in [9.17, 15) is 9.59 Å². The van der Waals surface area contributed by atoms with Crippen molar-refractivity contribution in [1.82, 2.24) is 0 Å². The van der Waals surface area contributed by atoms with E-state index >= 15 is 0 Å². The molecule has 3 heteroatoms. The molecule has 0 radical (unpaired) electrons. The van der Waals surface area contributed by atoms with Crippen LogP contribution in [0.4, 0.5) is 0 Å². The topological polar surface area (TPSA) is 43.4 Å². The normalized spacial score (nSPS) is 10.9. The number of esters is 2. The summed E-state index contributed by atoms with van der Waals surface area (Å²) in [6.45, 7) is 4.41. The van der Waals surface area contributed by atoms with Gasteiger partial charge >= 0.3 is 11.9 Å². The maximum atomic E-state index is 11.6. The number of carbonyl (C=O) groups is 2. The average molecular weight is 397 g/mol. The van der Waals surface area contributed by atoms with Gasteiger partial charge in [-0.1, -0.05) is 123 Å². The minimum Gasteiger partial charge on any atom is -0.393 e. The molecule has 0 spiro atoms. The van der Waals surface area contributed by atoms with E-state index in [2.05, 4.69) is 13.8 Å². The molecule has 0 aliphatic heterocycles. The number of ether oxygens (including phenoxy) is 1. The Hall–Kier alpha value is -0.860. The highest BCUT2D eigenvalue weighted by atomic mass is 16.6. The Balaban J connectivity index is 3.24. The molecule has 0 unspecified atom stereocenters. The van der Waals surface area contributed by atoms with Crippen LogP contribution in [-0.2, 0) is 14.3 Å². The number of rotatable bonds is 21. The van der Waals surface area contributed by atoms with Crippen LogP contribution in [0, 0.1) is 0 Å². The molecule has 0 aliphatic carbocycles. The lowest BCUT2D eigenvalue weighted by Crippen LogP contribution is -2.11. The summed E-state index contributed by atoms with van der Waals surface area (Å²) < 4.78 is 4.87. The lowest BCUT2D eigenvalue weighted by Gasteiger charge is -2.04. The monoisotopic (exact) mass is 396 g/mol. The molecule has 0 aromatic heterocycles. The summed E-state index contributed by atoms with van der Waals surface area (Å²) in [6, 6.07) is 0. The van der Waals surface area contributed by atoms with Gasteiger partial charge in [0.2, 0.25) is 0 Å². The van der Waals surface area contributed by atoms with Crippen LogP contribution in [0.25, 0.3) is 0 Å². The molecule has 0 bridgehead atoms. The Morgan fingerprint density at radius 1 is 0.429 bits per heavy atom. The standard InChI is InChI=1S/C25H48O3/c1-3-5-7-9-10-11-12-13-14-15-16-17-18-19-21-23-25(27)28-24(26)22-20-8-6-4-2/h3-23H2,1-2H3. The number of hydrogen-bond donors (Lipinski definition) is 0. The molecular weight excluding hydrogens is 348 g/mol. The van der Waals surface area contributed by atoms with Gasteiger partial charge in [0.25, 0.3) is 0 Å². The Morgan fingerprint density at radius 3 is 1.00 bits per heavy atom. The third-order valence-corrected chi connectivity index (χ3v) is 5.45. The second-order valence-corrected chi connectivity index (χ2v) is 8.36. The molecule has 0 heterocycles. The van der Waals surface area contributed by atoms with E-state index in [0.29, 0.717) is 12.8 Å². The van der Waals surface area contributed by atoms with E-state index in [-0.39, 0.29) is 11.9 Å². The fourth-order valence-electron chi connectivity index (χ4n) is 3.57. The fourth-order valence-corrected chi connectivity index (χ4v) is 3.57. The molecule has 3 nitrogen and oxygen atoms in total. The molecule has 0 N–H and O–H groups in total. The summed E-state index contributed by atoms with van der Waals surface area (Å²) in [5.41, 5.74) is 0. The fraction of sp³-hybridized carbons (Fsp3) is 0.920. The maximum absolute atomic E-state index is 11.6. The van der Waals surface area contributed by atoms with Crippen LogP contribution in [0.2, 0.25) is 0 Å². The van der Waals surface area contributed by atoms with Gasteiger partial charge in [0.1, 0.15) is 0 Å². The summed E-state index contributed by atoms with van der Waals surface area (Å²) >= 11 is 0. The minimum atomic E-state index is -0.345. The van der Waals surface area contributed by atoms with Gasteiger partial charge in [-0.15, -0.1) is 0 Å². The van der Waals surface area contributed by atoms with Crippen LogP contribution in [0.3, 0.4) is 0 Å². The van der Waals surface area contributed by atoms with Crippen molar-refractivity contribution >= 4 is 11.9 Å². The first kappa shape index (κ1) is 27.1. The highest BCUT2D eigenvalue weighted by Crippen LogP contribution is 2.14. The lowest BCUT2D eigenvalue weighted by molar-refractivity contribution is -0.159. The van der Waals surface area contributed by atoms with E-state index in [4.69, 9.17) is 4.74 Å². The van der Waals surface area contributed by atoms with Crippen LogP contribution in [0.15, 0.2) is 0 Å². The van der Waals surface area contributed by atoms with Crippen LogP contribution in [-0.4, -0.2) is 11.9 Å². The van der Waals surface area contributed by atoms with Crippen LogP contribution < -0.4 is 0 Å². The van der Waals surface area contributed by atoms with Gasteiger partial charge in [-0.05, 0) is 12.8 Å². The zero-order chi connectivity index (χ0) is 20.7. The Kier molecular flexibility index (Phi) is 21.7. The van der Waals surface area contributed by atoms with E-state index in [1.54, 1.807) is 0 Å². The van der Waals surface area contributed by atoms with Crippen LogP contribution in [0.1, 0.15) is 149 Å². The average Bonchev–Trinajstić information content (AvgIpc) is 2.68. The largest absolute Gasteiger partial charge is 0.393 e. The van der Waals surface area contributed by atoms with Gasteiger partial charge in [0.05, 0.1) is 0 Å². The van der Waals surface area contributed by atoms with Crippen molar-refractivity contribution in [3.63, 3.8) is 0 Å². The summed E-state index contributed by atoms with van der Waals surface area (Å²) in [5.74, 6) is -0.683. The molecule has 0 rings (SSSR count). The van der Waals surface area contributed by atoms with E-state index in [0.717, 1.165) is 38.5 Å². The van der Waals surface area contributed by atoms with Gasteiger partial charge in [-0.25, -0.2) is 0 Å². The van der Waals surface area contributed by atoms with Gasteiger partial charge in [-0.2, -0.15) is 0 Å². The molecule has 166 valence electrons. The van der Waals surface area contributed by atoms with E-state index in [1.807, 2.05) is 0 Å². The molecule has 28 heavy (non-hydrogen) atoms. The molecule has 0 saturated heterocycles. The van der Waals surface area contributed by atoms with Crippen molar-refractivity contribution in [2.24, 2.45) is 0 Å². The summed E-state index contributed by atoms with van der Waals surface area (Å²) in [4.78, 5) is 23.2. The van der Waals surface area contributed by atoms with Crippen LogP contribution in [0.5, 0.6) is 0 Å². The van der Waals surface area contributed by atoms with Crippen molar-refractivity contribution in [1.29, 1.82) is 0 Å². The second kappa shape index (κ2) is 22.4. The minimum absolute atomic E-state index is 0.338. The smallest absolute Gasteiger partial charge is 0.313 e. The first-order chi connectivity index (χ1) is 13.7. The summed E-state index contributed by atoms with van der Waals surface area (Å²) in [6.07, 6.45) is 24.6. The predicted molar refractivity (Wildman–Crippen MR) is 119 cm³/mol. The van der Waals surface area contributed by atoms with Crippen molar-refractivity contribution in [2.75, 3.05) is 0 Å². The number of hydrogen-bond acceptors (Lipinski definition) is 3. The van der Waals surface area contributed by atoms with Crippen LogP contribution >= 0.6 is 0 Å². The Morgan fingerprint density at radius 2 is 0.679 bits per heavy atom. The van der Waals surface area contributed by atoms with Gasteiger partial charge in [0.15, 0.2) is 0 Å². The van der Waals surface area contributed by atoms with Gasteiger partial charge in [-0.3, -0.25) is 9.59 Å². The summed E-state index contributed by atoms with van der Waals surface area (Å²) in [5, 5.41) is 0. The molecule has 0 saturated carbocycles. The van der Waals surface area contributed by atoms with Gasteiger partial charge < -0.3 is 4.74 Å². The molecule has 0 aliphatic rings. The van der Waals surface area contributed by atoms with E-state index in [1.165, 1.54) is 83.5 Å². The third-order valence-electron chi connectivity index (χ3n) is 5.45. The second-order valence-electron chi connectivity index (χ2n) is 8.36. The number of carbonyl (C=O) groups excluding carboxylic acids is 2. The van der Waals surface area contributed by atoms with Crippen molar-refractivity contribution < 1.29 is 14.3 Å². The highest BCUT2D eigenvalue weighted by molar-refractivity contribution is 5.85. The first-order valence-electron chi connectivity index (χ1n) is 12.4. The molecule has 0 aromatic carbocycles. The predicted octanol–water partition coefficient (Wildman–Crippen LogP) is 8.29. The van der Waals surface area contributed by atoms with E-state index < -0.39 is 0 Å². The van der Waals surface area contributed by atoms with Crippen molar-refractivity contribution in [3.8, 4) is 0 Å². The van der Waals surface area contributed by atoms with Gasteiger partial charge in [0, 0.05) is 12.8 Å². The molecular formula is C25H48O3. The maximum Gasteiger partial charge on any atom is 0.313 e. The molecule has 0 fully saturated rings. The quantitative estimate of drug-likeness (QED) is 0.111. The lowest BCUT2D eigenvalue weighted by atomic mass is 10.0. The Labute approximate surface area is 175 Å². The highest BCUT2D eigenvalue weighted by Gasteiger charge is 2.09. The molecule has 0 atom stereocenters. The zero-order valence-corrected chi connectivity index (χ0v) is 19.1. The molecule has 0 aromatic rings. The van der Waals surface area contributed by atoms with Crippen molar-refractivity contribution in [3.05, 3.63) is 0 Å². The first-order valence-corrected chi connectivity index (χ1v) is 12.4. The SMILES string of the molecule is CCCCCCCCCCCCCCCCCC(=O)OC(=O)CCCCCC. The summed E-state index contributed by atoms with van der Waals surface area (Å²) in [7, 11) is 0. The third kappa shape index (κ3) is 21.4. The molecule has 0 amide bonds. The number of unbranched alkanes of at least 4 members (excludes halogenated alkanes) is 17. The van der Waals surface area contributed by atoms with Crippen molar-refractivity contribution in [2.45, 2.75) is 149 Å².